The van der Waals surface area contributed by atoms with Gasteiger partial charge in [0.2, 0.25) is 10.0 Å². The minimum atomic E-state index is -3.66. The lowest BCUT2D eigenvalue weighted by molar-refractivity contribution is 0.283. The van der Waals surface area contributed by atoms with E-state index in [1.54, 1.807) is 0 Å². The molecule has 1 saturated heterocycles. The standard InChI is InChI=1S/C12H17FN2O3S.ClH/c1-9-8-14-5-6-15(9)19(16,17)10-3-4-12(18-2)11(13)7-10;/h3-4,7,9,14H,5-6,8H2,1-2H3;1H. The van der Waals surface area contributed by atoms with E-state index in [0.29, 0.717) is 19.6 Å². The van der Waals surface area contributed by atoms with Gasteiger partial charge in [-0.25, -0.2) is 12.8 Å². The fourth-order valence-electron chi connectivity index (χ4n) is 2.12. The summed E-state index contributed by atoms with van der Waals surface area (Å²) in [6, 6.07) is 3.55. The zero-order valence-corrected chi connectivity index (χ0v) is 12.9. The van der Waals surface area contributed by atoms with Crippen molar-refractivity contribution in [2.24, 2.45) is 0 Å². The van der Waals surface area contributed by atoms with Crippen LogP contribution in [0.3, 0.4) is 0 Å². The van der Waals surface area contributed by atoms with Crippen LogP contribution in [-0.2, 0) is 10.0 Å². The van der Waals surface area contributed by atoms with Crippen LogP contribution in [0.5, 0.6) is 5.75 Å². The topological polar surface area (TPSA) is 58.6 Å². The average Bonchev–Trinajstić information content (AvgIpc) is 2.39. The number of sulfonamides is 1. The molecule has 1 N–H and O–H groups in total. The van der Waals surface area contributed by atoms with Gasteiger partial charge in [-0.2, -0.15) is 4.31 Å². The molecule has 8 heteroatoms. The molecule has 0 bridgehead atoms. The molecule has 2 rings (SSSR count). The molecule has 114 valence electrons. The molecule has 20 heavy (non-hydrogen) atoms. The molecule has 1 aromatic rings. The molecule has 1 aliphatic rings. The summed E-state index contributed by atoms with van der Waals surface area (Å²) in [5, 5.41) is 3.12. The lowest BCUT2D eigenvalue weighted by atomic mass is 10.3. The number of benzene rings is 1. The van der Waals surface area contributed by atoms with Crippen molar-refractivity contribution < 1.29 is 17.5 Å². The van der Waals surface area contributed by atoms with Crippen LogP contribution in [0.2, 0.25) is 0 Å². The van der Waals surface area contributed by atoms with Crippen molar-refractivity contribution in [3.63, 3.8) is 0 Å². The molecule has 0 radical (unpaired) electrons. The highest BCUT2D eigenvalue weighted by Gasteiger charge is 2.31. The van der Waals surface area contributed by atoms with Gasteiger partial charge in [-0.1, -0.05) is 0 Å². The number of hydrogen-bond donors (Lipinski definition) is 1. The normalized spacial score (nSPS) is 20.2. The summed E-state index contributed by atoms with van der Waals surface area (Å²) < 4.78 is 44.7. The third-order valence-corrected chi connectivity index (χ3v) is 5.18. The average molecular weight is 325 g/mol. The van der Waals surface area contributed by atoms with Gasteiger partial charge in [-0.3, -0.25) is 0 Å². The highest BCUT2D eigenvalue weighted by atomic mass is 35.5. The highest BCUT2D eigenvalue weighted by molar-refractivity contribution is 7.89. The predicted octanol–water partition coefficient (Wildman–Crippen LogP) is 1.24. The van der Waals surface area contributed by atoms with Crippen LogP contribution in [0.15, 0.2) is 23.1 Å². The Labute approximate surface area is 124 Å². The van der Waals surface area contributed by atoms with Crippen molar-refractivity contribution in [1.82, 2.24) is 9.62 Å². The van der Waals surface area contributed by atoms with E-state index in [1.807, 2.05) is 6.92 Å². The van der Waals surface area contributed by atoms with Gasteiger partial charge >= 0.3 is 0 Å². The second-order valence-corrected chi connectivity index (χ2v) is 6.36. The van der Waals surface area contributed by atoms with Gasteiger partial charge in [-0.15, -0.1) is 12.4 Å². The fraction of sp³-hybridized carbons (Fsp3) is 0.500. The van der Waals surface area contributed by atoms with Gasteiger partial charge in [0.1, 0.15) is 0 Å². The summed E-state index contributed by atoms with van der Waals surface area (Å²) in [5.74, 6) is -0.640. The maximum atomic E-state index is 13.6. The molecule has 1 aliphatic heterocycles. The van der Waals surface area contributed by atoms with Gasteiger partial charge < -0.3 is 10.1 Å². The van der Waals surface area contributed by atoms with Gasteiger partial charge in [0, 0.05) is 25.7 Å². The van der Waals surface area contributed by atoms with Crippen LogP contribution in [0.1, 0.15) is 6.92 Å². The third-order valence-electron chi connectivity index (χ3n) is 3.17. The molecule has 1 aromatic carbocycles. The van der Waals surface area contributed by atoms with Crippen molar-refractivity contribution in [1.29, 1.82) is 0 Å². The molecular weight excluding hydrogens is 307 g/mol. The number of piperazine rings is 1. The Morgan fingerprint density at radius 3 is 2.70 bits per heavy atom. The molecule has 1 heterocycles. The van der Waals surface area contributed by atoms with Gasteiger partial charge in [0.25, 0.3) is 0 Å². The third kappa shape index (κ3) is 3.22. The fourth-order valence-corrected chi connectivity index (χ4v) is 3.77. The smallest absolute Gasteiger partial charge is 0.243 e. The first-order valence-electron chi connectivity index (χ1n) is 6.03. The first kappa shape index (κ1) is 17.2. The number of rotatable bonds is 3. The Morgan fingerprint density at radius 2 is 2.15 bits per heavy atom. The van der Waals surface area contributed by atoms with E-state index >= 15 is 0 Å². The number of methoxy groups -OCH3 is 1. The van der Waals surface area contributed by atoms with E-state index in [-0.39, 0.29) is 29.1 Å². The number of nitrogens with zero attached hydrogens (tertiary/aromatic N) is 1. The van der Waals surface area contributed by atoms with Crippen molar-refractivity contribution in [2.45, 2.75) is 17.9 Å². The molecule has 0 aliphatic carbocycles. The van der Waals surface area contributed by atoms with Crippen LogP contribution in [0.4, 0.5) is 4.39 Å². The van der Waals surface area contributed by atoms with Crippen LogP contribution in [-0.4, -0.2) is 45.5 Å². The maximum Gasteiger partial charge on any atom is 0.243 e. The predicted molar refractivity (Wildman–Crippen MR) is 76.4 cm³/mol. The SMILES string of the molecule is COc1ccc(S(=O)(=O)N2CCNCC2C)cc1F.Cl. The molecule has 5 nitrogen and oxygen atoms in total. The molecular formula is C12H18ClFN2O3S. The number of nitrogens with one attached hydrogen (secondary N) is 1. The van der Waals surface area contributed by atoms with Crippen LogP contribution >= 0.6 is 12.4 Å². The first-order chi connectivity index (χ1) is 8.96. The Morgan fingerprint density at radius 1 is 1.45 bits per heavy atom. The molecule has 1 unspecified atom stereocenters. The number of hydrogen-bond acceptors (Lipinski definition) is 4. The largest absolute Gasteiger partial charge is 0.494 e. The van der Waals surface area contributed by atoms with E-state index in [9.17, 15) is 12.8 Å². The summed E-state index contributed by atoms with van der Waals surface area (Å²) in [6.45, 7) is 3.40. The second-order valence-electron chi connectivity index (χ2n) is 4.47. The zero-order valence-electron chi connectivity index (χ0n) is 11.3. The summed E-state index contributed by atoms with van der Waals surface area (Å²) in [6.07, 6.45) is 0. The summed E-state index contributed by atoms with van der Waals surface area (Å²) in [7, 11) is -2.32. The van der Waals surface area contributed by atoms with Gasteiger partial charge in [0.15, 0.2) is 11.6 Å². The molecule has 0 amide bonds. The van der Waals surface area contributed by atoms with E-state index in [1.165, 1.54) is 23.5 Å². The van der Waals surface area contributed by atoms with Crippen LogP contribution < -0.4 is 10.1 Å². The van der Waals surface area contributed by atoms with Crippen molar-refractivity contribution >= 4 is 22.4 Å². The molecule has 0 spiro atoms. The molecule has 0 aromatic heterocycles. The minimum absolute atomic E-state index is 0. The van der Waals surface area contributed by atoms with E-state index in [4.69, 9.17) is 4.74 Å². The summed E-state index contributed by atoms with van der Waals surface area (Å²) in [4.78, 5) is -0.0421. The Balaban J connectivity index is 0.00000200. The zero-order chi connectivity index (χ0) is 14.0. The molecule has 1 fully saturated rings. The number of ether oxygens (including phenoxy) is 1. The monoisotopic (exact) mass is 324 g/mol. The van der Waals surface area contributed by atoms with Crippen LogP contribution in [0, 0.1) is 5.82 Å². The van der Waals surface area contributed by atoms with Crippen molar-refractivity contribution in [3.8, 4) is 5.75 Å². The Kier molecular flexibility index (Phi) is 5.76. The summed E-state index contributed by atoms with van der Waals surface area (Å²) >= 11 is 0. The van der Waals surface area contributed by atoms with Crippen molar-refractivity contribution in [2.75, 3.05) is 26.7 Å². The Hall–Kier alpha value is -0.890. The van der Waals surface area contributed by atoms with Crippen LogP contribution in [0.25, 0.3) is 0 Å². The summed E-state index contributed by atoms with van der Waals surface area (Å²) in [5.41, 5.74) is 0. The van der Waals surface area contributed by atoms with E-state index in [2.05, 4.69) is 5.32 Å². The highest BCUT2D eigenvalue weighted by Crippen LogP contribution is 2.24. The van der Waals surface area contributed by atoms with Gasteiger partial charge in [0.05, 0.1) is 12.0 Å². The van der Waals surface area contributed by atoms with E-state index in [0.717, 1.165) is 6.07 Å². The lowest BCUT2D eigenvalue weighted by Gasteiger charge is -2.32. The number of halogens is 2. The lowest BCUT2D eigenvalue weighted by Crippen LogP contribution is -2.52. The maximum absolute atomic E-state index is 13.6. The quantitative estimate of drug-likeness (QED) is 0.909. The Bertz CT molecular complexity index is 568. The first-order valence-corrected chi connectivity index (χ1v) is 7.47. The molecule has 0 saturated carbocycles. The van der Waals surface area contributed by atoms with Gasteiger partial charge in [-0.05, 0) is 25.1 Å². The van der Waals surface area contributed by atoms with E-state index < -0.39 is 15.8 Å². The van der Waals surface area contributed by atoms with Crippen molar-refractivity contribution in [3.05, 3.63) is 24.0 Å². The second kappa shape index (κ2) is 6.71. The minimum Gasteiger partial charge on any atom is -0.494 e. The molecule has 1 atom stereocenters.